The van der Waals surface area contributed by atoms with Crippen LogP contribution >= 0.6 is 24.0 Å². The zero-order valence-corrected chi connectivity index (χ0v) is 11.5. The van der Waals surface area contributed by atoms with Gasteiger partial charge in [-0.3, -0.25) is 0 Å². The predicted molar refractivity (Wildman–Crippen MR) is 55.0 cm³/mol. The van der Waals surface area contributed by atoms with Gasteiger partial charge in [0.1, 0.15) is 4.64 Å². The smallest absolute Gasteiger partial charge is 0.805 e. The normalized spacial score (nSPS) is 9.31. The maximum absolute atomic E-state index is 10.8. The van der Waals surface area contributed by atoms with E-state index in [2.05, 4.69) is 6.92 Å². The Morgan fingerprint density at radius 1 is 1.62 bits per heavy atom. The van der Waals surface area contributed by atoms with Crippen LogP contribution in [0.1, 0.15) is 13.3 Å². The van der Waals surface area contributed by atoms with Gasteiger partial charge in [0.25, 0.3) is 0 Å². The van der Waals surface area contributed by atoms with Crippen LogP contribution in [0.2, 0.25) is 0 Å². The Morgan fingerprint density at radius 2 is 2.31 bits per heavy atom. The van der Waals surface area contributed by atoms with Crippen LogP contribution in [-0.4, -0.2) is 10.5 Å². The molecular weight excluding hydrogens is 213 g/mol. The standard InChI is InChI=1S/C8H10NOS2.Na/c1-2-5-12-7-3-4-9(10)8(11)6-7;/h3-4,6H,2,5H2,1H3;/q-1;+1. The third-order valence-electron chi connectivity index (χ3n) is 1.33. The topological polar surface area (TPSA) is 28.0 Å². The molecule has 0 saturated heterocycles. The Bertz CT molecular complexity index is 313. The van der Waals surface area contributed by atoms with E-state index < -0.39 is 0 Å². The fraction of sp³-hybridized carbons (Fsp3) is 0.375. The molecule has 13 heavy (non-hydrogen) atoms. The molecule has 0 atom stereocenters. The van der Waals surface area contributed by atoms with Gasteiger partial charge in [-0.25, -0.2) is 0 Å². The van der Waals surface area contributed by atoms with Crippen molar-refractivity contribution in [3.05, 3.63) is 28.2 Å². The van der Waals surface area contributed by atoms with E-state index in [4.69, 9.17) is 12.2 Å². The molecule has 0 spiro atoms. The van der Waals surface area contributed by atoms with Gasteiger partial charge in [-0.05, 0) is 24.3 Å². The second kappa shape index (κ2) is 6.90. The van der Waals surface area contributed by atoms with Gasteiger partial charge in [-0.2, -0.15) is 0 Å². The van der Waals surface area contributed by atoms with Crippen molar-refractivity contribution in [2.45, 2.75) is 18.2 Å². The predicted octanol–water partition coefficient (Wildman–Crippen LogP) is 0.0696. The minimum atomic E-state index is 0. The van der Waals surface area contributed by atoms with Crippen molar-refractivity contribution in [2.24, 2.45) is 0 Å². The van der Waals surface area contributed by atoms with Crippen LogP contribution < -0.4 is 29.6 Å². The molecule has 2 nitrogen and oxygen atoms in total. The average molecular weight is 223 g/mol. The number of hydrogen-bond acceptors (Lipinski definition) is 3. The summed E-state index contributed by atoms with van der Waals surface area (Å²) in [7, 11) is 0. The molecular formula is C8H10NNaOS2. The summed E-state index contributed by atoms with van der Waals surface area (Å²) in [6.07, 6.45) is 2.59. The summed E-state index contributed by atoms with van der Waals surface area (Å²) >= 11 is 6.55. The maximum atomic E-state index is 10.8. The molecule has 0 aliphatic heterocycles. The Kier molecular flexibility index (Phi) is 7.17. The molecule has 0 aliphatic rings. The number of nitrogens with zero attached hydrogens (tertiary/aromatic N) is 1. The number of thioether (sulfide) groups is 1. The fourth-order valence-electron chi connectivity index (χ4n) is 0.758. The Labute approximate surface area is 110 Å². The third kappa shape index (κ3) is 4.51. The van der Waals surface area contributed by atoms with E-state index in [0.717, 1.165) is 17.1 Å². The second-order valence-electron chi connectivity index (χ2n) is 2.37. The molecule has 66 valence electrons. The zero-order valence-electron chi connectivity index (χ0n) is 7.82. The first-order valence-electron chi connectivity index (χ1n) is 3.77. The van der Waals surface area contributed by atoms with E-state index in [-0.39, 0.29) is 29.6 Å². The van der Waals surface area contributed by atoms with Gasteiger partial charge < -0.3 is 9.94 Å². The van der Waals surface area contributed by atoms with Crippen LogP contribution in [-0.2, 0) is 0 Å². The molecule has 0 amide bonds. The molecule has 1 heterocycles. The average Bonchev–Trinajstić information content (AvgIpc) is 2.07. The maximum Gasteiger partial charge on any atom is 1.00 e. The van der Waals surface area contributed by atoms with Gasteiger partial charge in [-0.15, -0.1) is 11.8 Å². The van der Waals surface area contributed by atoms with E-state index in [0.29, 0.717) is 9.37 Å². The van der Waals surface area contributed by atoms with E-state index in [1.54, 1.807) is 23.9 Å². The summed E-state index contributed by atoms with van der Waals surface area (Å²) in [6, 6.07) is 3.53. The van der Waals surface area contributed by atoms with Gasteiger partial charge in [-0.1, -0.05) is 19.1 Å². The first-order valence-corrected chi connectivity index (χ1v) is 5.16. The molecule has 0 fully saturated rings. The van der Waals surface area contributed by atoms with E-state index >= 15 is 0 Å². The quantitative estimate of drug-likeness (QED) is 0.412. The Balaban J connectivity index is 0.00000144. The van der Waals surface area contributed by atoms with Gasteiger partial charge in [0, 0.05) is 11.1 Å². The second-order valence-corrected chi connectivity index (χ2v) is 3.96. The van der Waals surface area contributed by atoms with Crippen molar-refractivity contribution in [1.82, 2.24) is 4.73 Å². The van der Waals surface area contributed by atoms with Crippen LogP contribution in [0.5, 0.6) is 0 Å². The summed E-state index contributed by atoms with van der Waals surface area (Å²) in [6.45, 7) is 2.12. The molecule has 0 unspecified atom stereocenters. The van der Waals surface area contributed by atoms with E-state index in [1.807, 2.05) is 0 Å². The monoisotopic (exact) mass is 223 g/mol. The van der Waals surface area contributed by atoms with Crippen LogP contribution in [0, 0.1) is 9.85 Å². The summed E-state index contributed by atoms with van der Waals surface area (Å²) in [5, 5.41) is 10.8. The van der Waals surface area contributed by atoms with E-state index in [9.17, 15) is 5.21 Å². The van der Waals surface area contributed by atoms with Crippen molar-refractivity contribution in [3.8, 4) is 0 Å². The number of pyridine rings is 1. The molecule has 1 aromatic heterocycles. The fourth-order valence-corrected chi connectivity index (χ4v) is 1.81. The molecule has 1 aromatic rings. The van der Waals surface area contributed by atoms with Gasteiger partial charge in [0.05, 0.1) is 0 Å². The van der Waals surface area contributed by atoms with Crippen molar-refractivity contribution in [1.29, 1.82) is 0 Å². The SMILES string of the molecule is CCCSc1ccn([O-])c(=S)c1.[Na+]. The first kappa shape index (κ1) is 13.5. The van der Waals surface area contributed by atoms with Crippen molar-refractivity contribution in [3.63, 3.8) is 0 Å². The van der Waals surface area contributed by atoms with Crippen LogP contribution in [0.3, 0.4) is 0 Å². The number of rotatable bonds is 3. The Hall–Kier alpha value is 0.520. The molecule has 0 aromatic carbocycles. The molecule has 0 radical (unpaired) electrons. The van der Waals surface area contributed by atoms with Crippen LogP contribution in [0.4, 0.5) is 0 Å². The Morgan fingerprint density at radius 3 is 2.85 bits per heavy atom. The summed E-state index contributed by atoms with van der Waals surface area (Å²) in [5.41, 5.74) is 0. The minimum Gasteiger partial charge on any atom is -0.805 e. The van der Waals surface area contributed by atoms with Gasteiger partial charge in [0.2, 0.25) is 0 Å². The zero-order chi connectivity index (χ0) is 8.97. The van der Waals surface area contributed by atoms with Crippen molar-refractivity contribution >= 4 is 24.0 Å². The summed E-state index contributed by atoms with van der Waals surface area (Å²) in [5.74, 6) is 1.07. The third-order valence-corrected chi connectivity index (χ3v) is 2.83. The molecule has 0 aliphatic carbocycles. The van der Waals surface area contributed by atoms with Crippen LogP contribution in [0.25, 0.3) is 0 Å². The summed E-state index contributed by atoms with van der Waals surface area (Å²) < 4.78 is 1.04. The first-order chi connectivity index (χ1) is 5.74. The molecule has 1 rings (SSSR count). The number of aromatic nitrogens is 1. The summed E-state index contributed by atoms with van der Waals surface area (Å²) in [4.78, 5) is 1.08. The largest absolute Gasteiger partial charge is 1.00 e. The molecule has 0 saturated carbocycles. The van der Waals surface area contributed by atoms with E-state index in [1.165, 1.54) is 6.20 Å². The van der Waals surface area contributed by atoms with Gasteiger partial charge >= 0.3 is 29.6 Å². The van der Waals surface area contributed by atoms with Crippen molar-refractivity contribution in [2.75, 3.05) is 5.75 Å². The van der Waals surface area contributed by atoms with Crippen molar-refractivity contribution < 1.29 is 29.6 Å². The minimum absolute atomic E-state index is 0. The molecule has 0 N–H and O–H groups in total. The molecule has 0 bridgehead atoms. The number of hydrogen-bond donors (Lipinski definition) is 0. The van der Waals surface area contributed by atoms with Crippen LogP contribution in [0.15, 0.2) is 23.2 Å². The molecule has 5 heteroatoms. The van der Waals surface area contributed by atoms with Gasteiger partial charge in [0.15, 0.2) is 0 Å².